The Bertz CT molecular complexity index is 260. The average Bonchev–Trinajstić information content (AvgIpc) is 2.33. The molecule has 0 amide bonds. The van der Waals surface area contributed by atoms with Crippen molar-refractivity contribution in [3.05, 3.63) is 12.4 Å². The largest absolute Gasteiger partial charge is 0.380 e. The van der Waals surface area contributed by atoms with Gasteiger partial charge in [-0.1, -0.05) is 6.92 Å². The lowest BCUT2D eigenvalue weighted by Gasteiger charge is -2.33. The molecule has 0 radical (unpaired) electrons. The molecule has 1 fully saturated rings. The van der Waals surface area contributed by atoms with Gasteiger partial charge in [0.25, 0.3) is 0 Å². The van der Waals surface area contributed by atoms with Gasteiger partial charge in [0.15, 0.2) is 0 Å². The lowest BCUT2D eigenvalue weighted by Crippen LogP contribution is -2.33. The van der Waals surface area contributed by atoms with Crippen molar-refractivity contribution in [2.45, 2.75) is 25.8 Å². The van der Waals surface area contributed by atoms with Gasteiger partial charge in [0.05, 0.1) is 11.9 Å². The molecule has 1 aliphatic rings. The van der Waals surface area contributed by atoms with Crippen molar-refractivity contribution in [3.8, 4) is 0 Å². The van der Waals surface area contributed by atoms with Crippen LogP contribution in [0.25, 0.3) is 0 Å². The molecule has 0 aromatic carbocycles. The molecule has 0 bridgehead atoms. The second-order valence-corrected chi connectivity index (χ2v) is 3.82. The van der Waals surface area contributed by atoms with Gasteiger partial charge in [-0.15, -0.1) is 0 Å². The van der Waals surface area contributed by atoms with E-state index < -0.39 is 0 Å². The highest BCUT2D eigenvalue weighted by molar-refractivity contribution is 5.39. The summed E-state index contributed by atoms with van der Waals surface area (Å²) >= 11 is 0. The van der Waals surface area contributed by atoms with Crippen molar-refractivity contribution in [2.75, 3.05) is 5.32 Å². The summed E-state index contributed by atoms with van der Waals surface area (Å²) in [5, 5.41) is 7.55. The molecule has 0 aliphatic heterocycles. The number of nitrogens with zero attached hydrogens (tertiary/aromatic N) is 2. The minimum Gasteiger partial charge on any atom is -0.380 e. The molecule has 0 unspecified atom stereocenters. The van der Waals surface area contributed by atoms with Gasteiger partial charge in [0.2, 0.25) is 0 Å². The predicted octanol–water partition coefficient (Wildman–Crippen LogP) is 1.63. The van der Waals surface area contributed by atoms with Crippen molar-refractivity contribution < 1.29 is 0 Å². The van der Waals surface area contributed by atoms with E-state index in [1.807, 2.05) is 24.1 Å². The van der Waals surface area contributed by atoms with Crippen LogP contribution in [0, 0.1) is 5.92 Å². The Hall–Kier alpha value is -0.990. The Morgan fingerprint density at radius 1 is 1.58 bits per heavy atom. The van der Waals surface area contributed by atoms with Gasteiger partial charge in [0, 0.05) is 19.3 Å². The molecule has 0 spiro atoms. The van der Waals surface area contributed by atoms with Gasteiger partial charge >= 0.3 is 0 Å². The summed E-state index contributed by atoms with van der Waals surface area (Å²) in [6.45, 7) is 2.29. The molecule has 66 valence electrons. The number of anilines is 1. The van der Waals surface area contributed by atoms with E-state index in [0.29, 0.717) is 6.04 Å². The fraction of sp³-hybridized carbons (Fsp3) is 0.667. The van der Waals surface area contributed by atoms with E-state index in [4.69, 9.17) is 0 Å². The molecule has 0 saturated heterocycles. The zero-order valence-corrected chi connectivity index (χ0v) is 7.62. The molecule has 1 aromatic rings. The normalized spacial score (nSPS) is 28.2. The molecular weight excluding hydrogens is 150 g/mol. The van der Waals surface area contributed by atoms with Crippen LogP contribution in [0.3, 0.4) is 0 Å². The highest BCUT2D eigenvalue weighted by Crippen LogP contribution is 2.28. The summed E-state index contributed by atoms with van der Waals surface area (Å²) in [7, 11) is 1.94. The first-order chi connectivity index (χ1) is 5.74. The number of aryl methyl sites for hydroxylation is 1. The van der Waals surface area contributed by atoms with Crippen molar-refractivity contribution in [3.63, 3.8) is 0 Å². The summed E-state index contributed by atoms with van der Waals surface area (Å²) in [6, 6.07) is 0.684. The third kappa shape index (κ3) is 1.44. The van der Waals surface area contributed by atoms with Crippen LogP contribution in [-0.4, -0.2) is 15.8 Å². The van der Waals surface area contributed by atoms with Crippen LogP contribution in [0.15, 0.2) is 12.4 Å². The zero-order chi connectivity index (χ0) is 8.55. The van der Waals surface area contributed by atoms with Crippen LogP contribution in [-0.2, 0) is 7.05 Å². The molecule has 1 heterocycles. The molecule has 1 aliphatic carbocycles. The van der Waals surface area contributed by atoms with E-state index in [-0.39, 0.29) is 0 Å². The first-order valence-electron chi connectivity index (χ1n) is 4.49. The molecule has 3 heteroatoms. The zero-order valence-electron chi connectivity index (χ0n) is 7.62. The van der Waals surface area contributed by atoms with Gasteiger partial charge < -0.3 is 5.32 Å². The van der Waals surface area contributed by atoms with Gasteiger partial charge in [-0.05, 0) is 18.8 Å². The van der Waals surface area contributed by atoms with Crippen molar-refractivity contribution >= 4 is 5.69 Å². The Morgan fingerprint density at radius 3 is 2.83 bits per heavy atom. The Kier molecular flexibility index (Phi) is 1.79. The second kappa shape index (κ2) is 2.81. The summed E-state index contributed by atoms with van der Waals surface area (Å²) in [5.41, 5.74) is 1.15. The minimum absolute atomic E-state index is 0.684. The van der Waals surface area contributed by atoms with E-state index in [9.17, 15) is 0 Å². The minimum atomic E-state index is 0.684. The number of hydrogen-bond donors (Lipinski definition) is 1. The first-order valence-corrected chi connectivity index (χ1v) is 4.49. The molecule has 1 N–H and O–H groups in total. The fourth-order valence-corrected chi connectivity index (χ4v) is 1.75. The molecule has 1 aromatic heterocycles. The Balaban J connectivity index is 1.88. The third-order valence-electron chi connectivity index (χ3n) is 2.45. The SMILES string of the molecule is CC1CC(Nc2cnn(C)c2)C1. The van der Waals surface area contributed by atoms with Crippen molar-refractivity contribution in [1.82, 2.24) is 9.78 Å². The van der Waals surface area contributed by atoms with Crippen LogP contribution in [0.1, 0.15) is 19.8 Å². The lowest BCUT2D eigenvalue weighted by molar-refractivity contribution is 0.309. The van der Waals surface area contributed by atoms with E-state index in [1.165, 1.54) is 12.8 Å². The lowest BCUT2D eigenvalue weighted by atomic mass is 9.82. The Morgan fingerprint density at radius 2 is 2.33 bits per heavy atom. The summed E-state index contributed by atoms with van der Waals surface area (Å²) in [5.74, 6) is 0.902. The van der Waals surface area contributed by atoms with Crippen molar-refractivity contribution in [2.24, 2.45) is 13.0 Å². The van der Waals surface area contributed by atoms with Gasteiger partial charge in [0.1, 0.15) is 0 Å². The summed E-state index contributed by atoms with van der Waals surface area (Å²) < 4.78 is 1.82. The first kappa shape index (κ1) is 7.65. The maximum absolute atomic E-state index is 4.10. The van der Waals surface area contributed by atoms with E-state index in [1.54, 1.807) is 0 Å². The van der Waals surface area contributed by atoms with Crippen LogP contribution in [0.5, 0.6) is 0 Å². The molecule has 3 nitrogen and oxygen atoms in total. The molecule has 1 saturated carbocycles. The van der Waals surface area contributed by atoms with E-state index in [2.05, 4.69) is 17.3 Å². The highest BCUT2D eigenvalue weighted by atomic mass is 15.3. The van der Waals surface area contributed by atoms with Gasteiger partial charge in [-0.25, -0.2) is 0 Å². The van der Waals surface area contributed by atoms with Gasteiger partial charge in [-0.2, -0.15) is 5.10 Å². The summed E-state index contributed by atoms with van der Waals surface area (Å²) in [4.78, 5) is 0. The number of nitrogens with one attached hydrogen (secondary N) is 1. The fourth-order valence-electron chi connectivity index (χ4n) is 1.75. The summed E-state index contributed by atoms with van der Waals surface area (Å²) in [6.07, 6.45) is 6.50. The number of rotatable bonds is 2. The van der Waals surface area contributed by atoms with Crippen LogP contribution >= 0.6 is 0 Å². The molecule has 0 atom stereocenters. The van der Waals surface area contributed by atoms with Crippen molar-refractivity contribution in [1.29, 1.82) is 0 Å². The standard InChI is InChI=1S/C9H15N3/c1-7-3-8(4-7)11-9-5-10-12(2)6-9/h5-8,11H,3-4H2,1-2H3. The maximum atomic E-state index is 4.10. The van der Waals surface area contributed by atoms with Gasteiger partial charge in [-0.3, -0.25) is 4.68 Å². The van der Waals surface area contributed by atoms with Crippen LogP contribution in [0.4, 0.5) is 5.69 Å². The number of aromatic nitrogens is 2. The van der Waals surface area contributed by atoms with Crippen LogP contribution < -0.4 is 5.32 Å². The predicted molar refractivity (Wildman–Crippen MR) is 49.0 cm³/mol. The van der Waals surface area contributed by atoms with E-state index >= 15 is 0 Å². The second-order valence-electron chi connectivity index (χ2n) is 3.82. The monoisotopic (exact) mass is 165 g/mol. The molecule has 12 heavy (non-hydrogen) atoms. The quantitative estimate of drug-likeness (QED) is 0.721. The molecular formula is C9H15N3. The van der Waals surface area contributed by atoms with E-state index in [0.717, 1.165) is 11.6 Å². The number of hydrogen-bond acceptors (Lipinski definition) is 2. The topological polar surface area (TPSA) is 29.9 Å². The van der Waals surface area contributed by atoms with Crippen LogP contribution in [0.2, 0.25) is 0 Å². The smallest absolute Gasteiger partial charge is 0.0728 e. The average molecular weight is 165 g/mol. The maximum Gasteiger partial charge on any atom is 0.0728 e. The Labute approximate surface area is 72.8 Å². The molecule has 2 rings (SSSR count). The highest BCUT2D eigenvalue weighted by Gasteiger charge is 2.24. The third-order valence-corrected chi connectivity index (χ3v) is 2.45.